The molecule has 3 aromatic rings. The number of sulfonamides is 1. The fourth-order valence-electron chi connectivity index (χ4n) is 2.70. The Labute approximate surface area is 163 Å². The number of benzene rings is 2. The van der Waals surface area contributed by atoms with Crippen LogP contribution in [0, 0.1) is 20.8 Å². The number of aryl methyl sites for hydroxylation is 3. The van der Waals surface area contributed by atoms with Gasteiger partial charge in [-0.3, -0.25) is 4.79 Å². The van der Waals surface area contributed by atoms with E-state index in [9.17, 15) is 13.2 Å². The highest BCUT2D eigenvalue weighted by Crippen LogP contribution is 2.25. The van der Waals surface area contributed by atoms with Gasteiger partial charge in [0.2, 0.25) is 5.91 Å². The van der Waals surface area contributed by atoms with Gasteiger partial charge in [-0.05, 0) is 50.1 Å². The molecular formula is C20H20N2O3S2. The number of amides is 1. The summed E-state index contributed by atoms with van der Waals surface area (Å²) >= 11 is 1.22. The van der Waals surface area contributed by atoms with Crippen molar-refractivity contribution in [3.8, 4) is 0 Å². The Hall–Kier alpha value is -2.38. The maximum Gasteiger partial charge on any atom is 0.264 e. The monoisotopic (exact) mass is 400 g/mol. The second-order valence-electron chi connectivity index (χ2n) is 6.38. The molecule has 3 rings (SSSR count). The Balaban J connectivity index is 1.71. The first kappa shape index (κ1) is 19.4. The van der Waals surface area contributed by atoms with Crippen LogP contribution in [0.25, 0.3) is 10.9 Å². The van der Waals surface area contributed by atoms with Gasteiger partial charge < -0.3 is 0 Å². The van der Waals surface area contributed by atoms with Crippen molar-refractivity contribution in [3.63, 3.8) is 0 Å². The van der Waals surface area contributed by atoms with Crippen molar-refractivity contribution in [2.75, 3.05) is 5.75 Å². The summed E-state index contributed by atoms with van der Waals surface area (Å²) in [6.07, 6.45) is 0. The molecule has 7 heteroatoms. The second-order valence-corrected chi connectivity index (χ2v) is 9.06. The standard InChI is InChI=1S/C20H20N2O3S2/c1-13-7-9-16(10-8-13)27(24,25)22-18(23)12-26-19-11-15(3)17-6-4-5-14(2)20(17)21-19/h4-11H,12H2,1-3H3,(H,22,23). The molecule has 0 saturated heterocycles. The molecule has 0 atom stereocenters. The van der Waals surface area contributed by atoms with Gasteiger partial charge in [-0.25, -0.2) is 18.1 Å². The topological polar surface area (TPSA) is 76.1 Å². The number of para-hydroxylation sites is 1. The van der Waals surface area contributed by atoms with E-state index in [1.54, 1.807) is 12.1 Å². The molecule has 1 N–H and O–H groups in total. The van der Waals surface area contributed by atoms with Gasteiger partial charge in [0.1, 0.15) is 0 Å². The summed E-state index contributed by atoms with van der Waals surface area (Å²) in [6, 6.07) is 14.3. The zero-order valence-electron chi connectivity index (χ0n) is 15.3. The Morgan fingerprint density at radius 1 is 1.04 bits per heavy atom. The predicted molar refractivity (Wildman–Crippen MR) is 108 cm³/mol. The molecule has 0 fully saturated rings. The minimum atomic E-state index is -3.86. The number of rotatable bonds is 5. The van der Waals surface area contributed by atoms with Gasteiger partial charge in [-0.15, -0.1) is 0 Å². The van der Waals surface area contributed by atoms with Crippen LogP contribution in [0.1, 0.15) is 16.7 Å². The summed E-state index contributed by atoms with van der Waals surface area (Å²) in [7, 11) is -3.86. The number of nitrogens with one attached hydrogen (secondary N) is 1. The molecule has 0 saturated carbocycles. The number of thioether (sulfide) groups is 1. The van der Waals surface area contributed by atoms with E-state index in [4.69, 9.17) is 0 Å². The van der Waals surface area contributed by atoms with Crippen LogP contribution in [0.2, 0.25) is 0 Å². The number of pyridine rings is 1. The molecule has 1 aromatic heterocycles. The Kier molecular flexibility index (Phi) is 5.53. The summed E-state index contributed by atoms with van der Waals surface area (Å²) in [5.74, 6) is -0.612. The molecule has 0 unspecified atom stereocenters. The molecular weight excluding hydrogens is 380 g/mol. The van der Waals surface area contributed by atoms with E-state index in [1.807, 2.05) is 45.0 Å². The first-order valence-corrected chi connectivity index (χ1v) is 10.9. The van der Waals surface area contributed by atoms with Gasteiger partial charge in [0.15, 0.2) is 0 Å². The maximum absolute atomic E-state index is 12.3. The molecule has 1 heterocycles. The normalized spacial score (nSPS) is 11.5. The zero-order chi connectivity index (χ0) is 19.6. The highest BCUT2D eigenvalue weighted by Gasteiger charge is 2.18. The lowest BCUT2D eigenvalue weighted by Gasteiger charge is -2.09. The van der Waals surface area contributed by atoms with Crippen molar-refractivity contribution in [2.24, 2.45) is 0 Å². The second kappa shape index (κ2) is 7.70. The molecule has 1 amide bonds. The molecule has 140 valence electrons. The third-order valence-electron chi connectivity index (χ3n) is 4.16. The highest BCUT2D eigenvalue weighted by molar-refractivity contribution is 8.00. The smallest absolute Gasteiger partial charge is 0.264 e. The van der Waals surface area contributed by atoms with Gasteiger partial charge in [0.05, 0.1) is 21.2 Å². The fraction of sp³-hybridized carbons (Fsp3) is 0.200. The van der Waals surface area contributed by atoms with Gasteiger partial charge in [0.25, 0.3) is 10.0 Å². The number of nitrogens with zero attached hydrogens (tertiary/aromatic N) is 1. The molecule has 0 aliphatic rings. The number of hydrogen-bond donors (Lipinski definition) is 1. The maximum atomic E-state index is 12.3. The van der Waals surface area contributed by atoms with Gasteiger partial charge in [0, 0.05) is 5.39 Å². The number of fused-ring (bicyclic) bond motifs is 1. The number of carbonyl (C=O) groups is 1. The number of carbonyl (C=O) groups excluding carboxylic acids is 1. The molecule has 0 radical (unpaired) electrons. The highest BCUT2D eigenvalue weighted by atomic mass is 32.2. The van der Waals surface area contributed by atoms with Crippen LogP contribution in [-0.2, 0) is 14.8 Å². The van der Waals surface area contributed by atoms with Crippen LogP contribution in [0.4, 0.5) is 0 Å². The first-order chi connectivity index (χ1) is 12.8. The van der Waals surface area contributed by atoms with Crippen molar-refractivity contribution in [3.05, 3.63) is 65.2 Å². The van der Waals surface area contributed by atoms with E-state index in [-0.39, 0.29) is 10.6 Å². The Bertz CT molecular complexity index is 1110. The molecule has 0 aliphatic heterocycles. The average Bonchev–Trinajstić information content (AvgIpc) is 2.61. The van der Waals surface area contributed by atoms with Crippen molar-refractivity contribution in [1.29, 1.82) is 0 Å². The fourth-order valence-corrected chi connectivity index (χ4v) is 4.54. The summed E-state index contributed by atoms with van der Waals surface area (Å²) in [5.41, 5.74) is 3.97. The average molecular weight is 401 g/mol. The molecule has 0 aliphatic carbocycles. The number of hydrogen-bond acceptors (Lipinski definition) is 5. The van der Waals surface area contributed by atoms with E-state index in [0.29, 0.717) is 5.03 Å². The zero-order valence-corrected chi connectivity index (χ0v) is 16.9. The minimum Gasteiger partial charge on any atom is -0.273 e. The van der Waals surface area contributed by atoms with Crippen LogP contribution in [0.15, 0.2) is 58.5 Å². The van der Waals surface area contributed by atoms with E-state index in [1.165, 1.54) is 23.9 Å². The van der Waals surface area contributed by atoms with Crippen LogP contribution >= 0.6 is 11.8 Å². The van der Waals surface area contributed by atoms with Crippen LogP contribution in [0.5, 0.6) is 0 Å². The van der Waals surface area contributed by atoms with E-state index >= 15 is 0 Å². The molecule has 2 aromatic carbocycles. The summed E-state index contributed by atoms with van der Waals surface area (Å²) < 4.78 is 26.7. The van der Waals surface area contributed by atoms with Crippen molar-refractivity contribution < 1.29 is 13.2 Å². The predicted octanol–water partition coefficient (Wildman–Crippen LogP) is 3.76. The van der Waals surface area contributed by atoms with Crippen molar-refractivity contribution in [2.45, 2.75) is 30.7 Å². The minimum absolute atomic E-state index is 0.0328. The molecule has 27 heavy (non-hydrogen) atoms. The van der Waals surface area contributed by atoms with Crippen molar-refractivity contribution in [1.82, 2.24) is 9.71 Å². The third-order valence-corrected chi connectivity index (χ3v) is 6.46. The van der Waals surface area contributed by atoms with Crippen LogP contribution in [0.3, 0.4) is 0 Å². The van der Waals surface area contributed by atoms with Crippen molar-refractivity contribution >= 4 is 38.6 Å². The lowest BCUT2D eigenvalue weighted by molar-refractivity contribution is -0.116. The van der Waals surface area contributed by atoms with Crippen LogP contribution < -0.4 is 4.72 Å². The summed E-state index contributed by atoms with van der Waals surface area (Å²) in [5, 5.41) is 1.77. The van der Waals surface area contributed by atoms with E-state index in [2.05, 4.69) is 9.71 Å². The van der Waals surface area contributed by atoms with Gasteiger partial charge >= 0.3 is 0 Å². The largest absolute Gasteiger partial charge is 0.273 e. The third kappa shape index (κ3) is 4.48. The van der Waals surface area contributed by atoms with E-state index in [0.717, 1.165) is 27.6 Å². The lowest BCUT2D eigenvalue weighted by Crippen LogP contribution is -2.31. The van der Waals surface area contributed by atoms with E-state index < -0.39 is 15.9 Å². The lowest BCUT2D eigenvalue weighted by atomic mass is 10.1. The van der Waals surface area contributed by atoms with Gasteiger partial charge in [-0.1, -0.05) is 47.7 Å². The quantitative estimate of drug-likeness (QED) is 0.660. The Morgan fingerprint density at radius 3 is 2.44 bits per heavy atom. The summed E-state index contributed by atoms with van der Waals surface area (Å²) in [6.45, 7) is 5.85. The molecule has 0 spiro atoms. The SMILES string of the molecule is Cc1ccc(S(=O)(=O)NC(=O)CSc2cc(C)c3cccc(C)c3n2)cc1. The summed E-state index contributed by atoms with van der Waals surface area (Å²) in [4.78, 5) is 16.8. The van der Waals surface area contributed by atoms with Gasteiger partial charge in [-0.2, -0.15) is 0 Å². The number of aromatic nitrogens is 1. The van der Waals surface area contributed by atoms with Crippen LogP contribution in [-0.4, -0.2) is 25.1 Å². The molecule has 5 nitrogen and oxygen atoms in total. The Morgan fingerprint density at radius 2 is 1.74 bits per heavy atom. The molecule has 0 bridgehead atoms. The first-order valence-electron chi connectivity index (χ1n) is 8.38.